The number of anilines is 2. The molecule has 0 bridgehead atoms. The first kappa shape index (κ1) is 20.6. The molecular weight excluding hydrogens is 386 g/mol. The van der Waals surface area contributed by atoms with Crippen LogP contribution in [-0.2, 0) is 6.42 Å². The summed E-state index contributed by atoms with van der Waals surface area (Å²) in [6.07, 6.45) is 6.33. The smallest absolute Gasteiger partial charge is 0.251 e. The third kappa shape index (κ3) is 4.14. The molecule has 0 aliphatic rings. The molecule has 4 rings (SSSR count). The summed E-state index contributed by atoms with van der Waals surface area (Å²) in [6.45, 7) is 8.16. The second kappa shape index (κ2) is 8.60. The van der Waals surface area contributed by atoms with Crippen LogP contribution in [0.4, 0.5) is 11.5 Å². The maximum absolute atomic E-state index is 12.3. The zero-order chi connectivity index (χ0) is 22.0. The number of carbonyl (C=O) groups excluding carboxylic acids is 1. The van der Waals surface area contributed by atoms with E-state index in [9.17, 15) is 4.79 Å². The Morgan fingerprint density at radius 3 is 2.61 bits per heavy atom. The van der Waals surface area contributed by atoms with Gasteiger partial charge in [-0.1, -0.05) is 37.3 Å². The number of benzene rings is 2. The number of para-hydroxylation sites is 1. The highest BCUT2D eigenvalue weighted by Crippen LogP contribution is 2.33. The first-order valence-electron chi connectivity index (χ1n) is 10.6. The number of nitrogens with zero attached hydrogens (tertiary/aromatic N) is 3. The summed E-state index contributed by atoms with van der Waals surface area (Å²) >= 11 is 0. The lowest BCUT2D eigenvalue weighted by Gasteiger charge is -2.15. The number of hydrogen-bond acceptors (Lipinski definition) is 4. The average molecular weight is 414 g/mol. The molecule has 0 atom stereocenters. The molecule has 4 aromatic rings. The monoisotopic (exact) mass is 413 g/mol. The van der Waals surface area contributed by atoms with E-state index in [1.807, 2.05) is 48.7 Å². The Labute approximate surface area is 182 Å². The van der Waals surface area contributed by atoms with Crippen molar-refractivity contribution in [1.29, 1.82) is 0 Å². The van der Waals surface area contributed by atoms with Crippen molar-refractivity contribution >= 4 is 23.1 Å². The third-order valence-corrected chi connectivity index (χ3v) is 5.25. The van der Waals surface area contributed by atoms with Crippen molar-refractivity contribution in [2.75, 3.05) is 5.32 Å². The van der Waals surface area contributed by atoms with E-state index >= 15 is 0 Å². The van der Waals surface area contributed by atoms with E-state index in [0.717, 1.165) is 34.8 Å². The van der Waals surface area contributed by atoms with Gasteiger partial charge < -0.3 is 10.6 Å². The van der Waals surface area contributed by atoms with Crippen LogP contribution < -0.4 is 10.6 Å². The van der Waals surface area contributed by atoms with Gasteiger partial charge in [-0.2, -0.15) is 0 Å². The third-order valence-electron chi connectivity index (χ3n) is 5.25. The minimum Gasteiger partial charge on any atom is -0.350 e. The predicted octanol–water partition coefficient (Wildman–Crippen LogP) is 5.15. The van der Waals surface area contributed by atoms with Crippen LogP contribution in [0.2, 0.25) is 0 Å². The zero-order valence-electron chi connectivity index (χ0n) is 18.3. The number of carbonyl (C=O) groups is 1. The number of aryl methyl sites for hydroxylation is 2. The van der Waals surface area contributed by atoms with Gasteiger partial charge >= 0.3 is 0 Å². The number of nitrogens with one attached hydrogen (secondary N) is 2. The van der Waals surface area contributed by atoms with Gasteiger partial charge in [0.2, 0.25) is 0 Å². The van der Waals surface area contributed by atoms with Gasteiger partial charge in [0.1, 0.15) is 11.5 Å². The fourth-order valence-corrected chi connectivity index (χ4v) is 3.67. The van der Waals surface area contributed by atoms with Crippen LogP contribution in [0, 0.1) is 6.92 Å². The lowest BCUT2D eigenvalue weighted by Crippen LogP contribution is -2.29. The highest BCUT2D eigenvalue weighted by atomic mass is 16.1. The van der Waals surface area contributed by atoms with Gasteiger partial charge in [-0.25, -0.2) is 4.98 Å². The largest absolute Gasteiger partial charge is 0.350 e. The first-order chi connectivity index (χ1) is 15.0. The Morgan fingerprint density at radius 2 is 1.90 bits per heavy atom. The summed E-state index contributed by atoms with van der Waals surface area (Å²) in [5.41, 5.74) is 6.65. The Bertz CT molecular complexity index is 1220. The minimum absolute atomic E-state index is 0.0772. The van der Waals surface area contributed by atoms with Gasteiger partial charge in [0, 0.05) is 35.2 Å². The quantitative estimate of drug-likeness (QED) is 0.459. The summed E-state index contributed by atoms with van der Waals surface area (Å²) in [7, 11) is 0. The summed E-state index contributed by atoms with van der Waals surface area (Å²) in [6, 6.07) is 14.0. The molecule has 2 N–H and O–H groups in total. The summed E-state index contributed by atoms with van der Waals surface area (Å²) in [5.74, 6) is 0.798. The number of fused-ring (bicyclic) bond motifs is 1. The average Bonchev–Trinajstić information content (AvgIpc) is 3.13. The van der Waals surface area contributed by atoms with Gasteiger partial charge in [0.15, 0.2) is 5.65 Å². The molecule has 0 saturated heterocycles. The van der Waals surface area contributed by atoms with E-state index < -0.39 is 0 Å². The van der Waals surface area contributed by atoms with Crippen LogP contribution in [0.3, 0.4) is 0 Å². The van der Waals surface area contributed by atoms with Gasteiger partial charge in [0.05, 0.1) is 6.20 Å². The van der Waals surface area contributed by atoms with Gasteiger partial charge in [-0.3, -0.25) is 14.2 Å². The molecule has 0 radical (unpaired) electrons. The van der Waals surface area contributed by atoms with E-state index in [1.165, 1.54) is 11.1 Å². The highest BCUT2D eigenvalue weighted by Gasteiger charge is 2.17. The Hall–Kier alpha value is -3.67. The molecule has 158 valence electrons. The van der Waals surface area contributed by atoms with E-state index in [-0.39, 0.29) is 11.9 Å². The minimum atomic E-state index is -0.0772. The Balaban J connectivity index is 1.78. The fourth-order valence-electron chi connectivity index (χ4n) is 3.67. The van der Waals surface area contributed by atoms with E-state index in [0.29, 0.717) is 5.56 Å². The molecule has 31 heavy (non-hydrogen) atoms. The maximum atomic E-state index is 12.3. The van der Waals surface area contributed by atoms with Crippen molar-refractivity contribution in [3.63, 3.8) is 0 Å². The molecule has 0 unspecified atom stereocenters. The molecule has 6 heteroatoms. The highest BCUT2D eigenvalue weighted by molar-refractivity contribution is 5.95. The number of amides is 1. The van der Waals surface area contributed by atoms with Crippen LogP contribution in [0.5, 0.6) is 0 Å². The van der Waals surface area contributed by atoms with Crippen LogP contribution in [-0.4, -0.2) is 26.3 Å². The molecule has 1 amide bonds. The summed E-state index contributed by atoms with van der Waals surface area (Å²) < 4.78 is 2.01. The van der Waals surface area contributed by atoms with Gasteiger partial charge in [-0.15, -0.1) is 0 Å². The normalized spacial score (nSPS) is 11.1. The molecule has 0 aliphatic carbocycles. The van der Waals surface area contributed by atoms with Crippen molar-refractivity contribution in [3.8, 4) is 11.3 Å². The first-order valence-corrected chi connectivity index (χ1v) is 10.6. The topological polar surface area (TPSA) is 71.3 Å². The maximum Gasteiger partial charge on any atom is 0.251 e. The zero-order valence-corrected chi connectivity index (χ0v) is 18.3. The number of hydrogen-bond donors (Lipinski definition) is 2. The molecule has 0 spiro atoms. The van der Waals surface area contributed by atoms with Crippen molar-refractivity contribution < 1.29 is 4.79 Å². The van der Waals surface area contributed by atoms with Crippen molar-refractivity contribution in [2.45, 2.75) is 40.2 Å². The Kier molecular flexibility index (Phi) is 5.71. The molecular formula is C25H27N5O. The van der Waals surface area contributed by atoms with Crippen molar-refractivity contribution in [1.82, 2.24) is 19.7 Å². The molecule has 2 aromatic carbocycles. The fraction of sp³-hybridized carbons (Fsp3) is 0.240. The van der Waals surface area contributed by atoms with Crippen LogP contribution in [0.15, 0.2) is 61.1 Å². The van der Waals surface area contributed by atoms with Crippen molar-refractivity contribution in [3.05, 3.63) is 77.7 Å². The second-order valence-electron chi connectivity index (χ2n) is 7.91. The standard InChI is InChI=1S/C25H27N5O/c1-5-18-8-6-7-17(4)22(18)29-24-23(28-21-15-26-13-14-30(21)24)19-9-11-20(12-10-19)25(31)27-16(2)3/h6-16,29H,5H2,1-4H3,(H,27,31). The number of imidazole rings is 1. The summed E-state index contributed by atoms with van der Waals surface area (Å²) in [4.78, 5) is 21.4. The van der Waals surface area contributed by atoms with Gasteiger partial charge in [0.25, 0.3) is 5.91 Å². The molecule has 0 aliphatic heterocycles. The molecule has 6 nitrogen and oxygen atoms in total. The molecule has 2 aromatic heterocycles. The number of rotatable bonds is 6. The summed E-state index contributed by atoms with van der Waals surface area (Å²) in [5, 5.41) is 6.56. The molecule has 0 saturated carbocycles. The number of aromatic nitrogens is 3. The van der Waals surface area contributed by atoms with Crippen molar-refractivity contribution in [2.24, 2.45) is 0 Å². The predicted molar refractivity (Wildman–Crippen MR) is 125 cm³/mol. The van der Waals surface area contributed by atoms with E-state index in [4.69, 9.17) is 4.98 Å². The lowest BCUT2D eigenvalue weighted by atomic mass is 10.0. The SMILES string of the molecule is CCc1cccc(C)c1Nc1c(-c2ccc(C(=O)NC(C)C)cc2)nc2cnccn12. The molecule has 0 fully saturated rings. The van der Waals surface area contributed by atoms with Crippen LogP contribution in [0.25, 0.3) is 16.9 Å². The second-order valence-corrected chi connectivity index (χ2v) is 7.91. The van der Waals surface area contributed by atoms with E-state index in [1.54, 1.807) is 12.4 Å². The Morgan fingerprint density at radius 1 is 1.13 bits per heavy atom. The lowest BCUT2D eigenvalue weighted by molar-refractivity contribution is 0.0943. The van der Waals surface area contributed by atoms with E-state index in [2.05, 4.69) is 47.7 Å². The van der Waals surface area contributed by atoms with Gasteiger partial charge in [-0.05, 0) is 50.5 Å². The van der Waals surface area contributed by atoms with Crippen LogP contribution >= 0.6 is 0 Å². The molecule has 2 heterocycles. The van der Waals surface area contributed by atoms with Crippen LogP contribution in [0.1, 0.15) is 42.3 Å².